The Balaban J connectivity index is 1.22. The van der Waals surface area contributed by atoms with Crippen LogP contribution in [0.3, 0.4) is 0 Å². The second kappa shape index (κ2) is 11.5. The third-order valence-corrected chi connectivity index (χ3v) is 10.1. The van der Waals surface area contributed by atoms with Gasteiger partial charge in [0.15, 0.2) is 0 Å². The van der Waals surface area contributed by atoms with Gasteiger partial charge in [0.05, 0.1) is 27.8 Å². The number of hydrogen-bond acceptors (Lipinski definition) is 0. The smallest absolute Gasteiger partial charge is 0.0619 e. The Hall–Kier alpha value is -6.64. The molecule has 0 bridgehead atoms. The van der Waals surface area contributed by atoms with Gasteiger partial charge in [-0.25, -0.2) is 0 Å². The summed E-state index contributed by atoms with van der Waals surface area (Å²) < 4.78 is 4.88. The van der Waals surface area contributed by atoms with Crippen molar-refractivity contribution in [2.75, 3.05) is 0 Å². The summed E-state index contributed by atoms with van der Waals surface area (Å²) in [7, 11) is 0. The average Bonchev–Trinajstić information content (AvgIpc) is 3.72. The molecule has 0 saturated heterocycles. The highest BCUT2D eigenvalue weighted by molar-refractivity contribution is 6.14. The summed E-state index contributed by atoms with van der Waals surface area (Å²) in [6.07, 6.45) is 0. The van der Waals surface area contributed by atoms with Crippen molar-refractivity contribution < 1.29 is 0 Å². The predicted octanol–water partition coefficient (Wildman–Crippen LogP) is 12.9. The molecule has 0 aliphatic rings. The Morgan fingerprint density at radius 3 is 1.40 bits per heavy atom. The quantitative estimate of drug-likeness (QED) is 0.178. The van der Waals surface area contributed by atoms with Crippen molar-refractivity contribution in [2.24, 2.45) is 0 Å². The number of nitrogens with zero attached hydrogens (tertiary/aromatic N) is 2. The first-order chi connectivity index (χ1) is 24.8. The number of benzene rings is 8. The third kappa shape index (κ3) is 4.43. The number of hydrogen-bond donors (Lipinski definition) is 0. The van der Waals surface area contributed by atoms with Crippen molar-refractivity contribution in [3.8, 4) is 44.8 Å². The van der Waals surface area contributed by atoms with Gasteiger partial charge in [-0.05, 0) is 58.7 Å². The monoisotopic (exact) mass is 636 g/mol. The number of para-hydroxylation sites is 4. The van der Waals surface area contributed by atoms with E-state index in [-0.39, 0.29) is 0 Å². The van der Waals surface area contributed by atoms with Gasteiger partial charge in [-0.15, -0.1) is 0 Å². The van der Waals surface area contributed by atoms with Gasteiger partial charge in [0, 0.05) is 38.4 Å². The molecule has 0 amide bonds. The van der Waals surface area contributed by atoms with Crippen LogP contribution in [-0.2, 0) is 0 Å². The van der Waals surface area contributed by atoms with Crippen LogP contribution < -0.4 is 0 Å². The molecule has 0 unspecified atom stereocenters. The van der Waals surface area contributed by atoms with Crippen LogP contribution >= 0.6 is 0 Å². The first-order valence-corrected chi connectivity index (χ1v) is 17.2. The summed E-state index contributed by atoms with van der Waals surface area (Å²) in [4.78, 5) is 0. The molecule has 10 aromatic rings. The fourth-order valence-corrected chi connectivity index (χ4v) is 7.88. The Morgan fingerprint density at radius 2 is 0.760 bits per heavy atom. The molecule has 234 valence electrons. The van der Waals surface area contributed by atoms with Gasteiger partial charge >= 0.3 is 0 Å². The number of aromatic nitrogens is 2. The molecule has 0 aliphatic carbocycles. The average molecular weight is 637 g/mol. The van der Waals surface area contributed by atoms with Crippen LogP contribution in [0.15, 0.2) is 194 Å². The van der Waals surface area contributed by atoms with Crippen molar-refractivity contribution in [3.63, 3.8) is 0 Å². The van der Waals surface area contributed by atoms with Gasteiger partial charge in [-0.2, -0.15) is 0 Å². The van der Waals surface area contributed by atoms with E-state index in [9.17, 15) is 0 Å². The lowest BCUT2D eigenvalue weighted by atomic mass is 9.97. The molecule has 0 spiro atoms. The fourth-order valence-electron chi connectivity index (χ4n) is 7.88. The first-order valence-electron chi connectivity index (χ1n) is 17.2. The number of fused-ring (bicyclic) bond motifs is 6. The van der Waals surface area contributed by atoms with Gasteiger partial charge in [0.1, 0.15) is 0 Å². The van der Waals surface area contributed by atoms with Gasteiger partial charge in [-0.1, -0.05) is 158 Å². The first kappa shape index (κ1) is 28.4. The van der Waals surface area contributed by atoms with E-state index in [1.54, 1.807) is 0 Å². The summed E-state index contributed by atoms with van der Waals surface area (Å²) in [5.74, 6) is 0. The molecule has 10 rings (SSSR count). The maximum Gasteiger partial charge on any atom is 0.0619 e. The highest BCUT2D eigenvalue weighted by atomic mass is 15.0. The van der Waals surface area contributed by atoms with E-state index < -0.39 is 0 Å². The van der Waals surface area contributed by atoms with E-state index in [4.69, 9.17) is 0 Å². The van der Waals surface area contributed by atoms with E-state index in [0.717, 1.165) is 11.4 Å². The van der Waals surface area contributed by atoms with Crippen LogP contribution in [0, 0.1) is 0 Å². The molecular formula is C48H32N2. The van der Waals surface area contributed by atoms with Gasteiger partial charge in [0.2, 0.25) is 0 Å². The molecule has 2 heteroatoms. The van der Waals surface area contributed by atoms with Crippen LogP contribution in [0.1, 0.15) is 0 Å². The Kier molecular flexibility index (Phi) is 6.53. The summed E-state index contributed by atoms with van der Waals surface area (Å²) in [5, 5.41) is 5.03. The molecule has 50 heavy (non-hydrogen) atoms. The third-order valence-electron chi connectivity index (χ3n) is 10.1. The molecule has 2 aromatic heterocycles. The van der Waals surface area contributed by atoms with E-state index in [1.165, 1.54) is 77.0 Å². The van der Waals surface area contributed by atoms with Crippen LogP contribution in [0.25, 0.3) is 88.4 Å². The van der Waals surface area contributed by atoms with Crippen LogP contribution in [0.4, 0.5) is 0 Å². The van der Waals surface area contributed by atoms with Crippen molar-refractivity contribution >= 4 is 43.6 Å². The van der Waals surface area contributed by atoms with Crippen LogP contribution in [0.5, 0.6) is 0 Å². The molecule has 2 nitrogen and oxygen atoms in total. The minimum absolute atomic E-state index is 1.15. The molecule has 0 aliphatic heterocycles. The van der Waals surface area contributed by atoms with Crippen molar-refractivity contribution in [3.05, 3.63) is 194 Å². The van der Waals surface area contributed by atoms with Crippen molar-refractivity contribution in [1.29, 1.82) is 0 Å². The Morgan fingerprint density at radius 1 is 0.280 bits per heavy atom. The minimum Gasteiger partial charge on any atom is -0.309 e. The standard InChI is InChI=1S/C48H32N2/c1-3-14-33(15-4-1)36-28-31-38(34-16-5-2-6-17-34)47(32-36)50-46-25-12-9-20-42(46)43-22-13-21-39(48(43)50)35-26-29-37(30-27-35)49-44-23-10-7-18-40(44)41-19-8-11-24-45(41)49/h1-32H. The fraction of sp³-hybridized carbons (Fsp3) is 0. The van der Waals surface area contributed by atoms with E-state index in [1.807, 2.05) is 0 Å². The van der Waals surface area contributed by atoms with Gasteiger partial charge in [0.25, 0.3) is 0 Å². The normalized spacial score (nSPS) is 11.6. The molecule has 0 saturated carbocycles. The summed E-state index contributed by atoms with van der Waals surface area (Å²) in [6, 6.07) is 70.4. The molecule has 0 N–H and O–H groups in total. The van der Waals surface area contributed by atoms with E-state index in [0.29, 0.717) is 0 Å². The molecule has 8 aromatic carbocycles. The topological polar surface area (TPSA) is 9.86 Å². The zero-order valence-corrected chi connectivity index (χ0v) is 27.4. The second-order valence-corrected chi connectivity index (χ2v) is 12.9. The van der Waals surface area contributed by atoms with Crippen LogP contribution in [0.2, 0.25) is 0 Å². The van der Waals surface area contributed by atoms with E-state index in [2.05, 4.69) is 203 Å². The highest BCUT2D eigenvalue weighted by Crippen LogP contribution is 2.42. The zero-order valence-electron chi connectivity index (χ0n) is 27.4. The molecule has 0 radical (unpaired) electrons. The van der Waals surface area contributed by atoms with Crippen LogP contribution in [-0.4, -0.2) is 9.13 Å². The summed E-state index contributed by atoms with van der Waals surface area (Å²) >= 11 is 0. The molecule has 0 atom stereocenters. The Labute approximate surface area is 290 Å². The Bertz CT molecular complexity index is 2790. The maximum absolute atomic E-state index is 2.50. The highest BCUT2D eigenvalue weighted by Gasteiger charge is 2.20. The SMILES string of the molecule is c1ccc(-c2ccc(-c3ccccc3)c(-n3c4ccccc4c4cccc(-c5ccc(-n6c7ccccc7c7ccccc76)cc5)c43)c2)cc1. The summed E-state index contributed by atoms with van der Waals surface area (Å²) in [6.45, 7) is 0. The van der Waals surface area contributed by atoms with Gasteiger partial charge in [-0.3, -0.25) is 0 Å². The lowest BCUT2D eigenvalue weighted by Gasteiger charge is -2.18. The van der Waals surface area contributed by atoms with Crippen molar-refractivity contribution in [2.45, 2.75) is 0 Å². The molecular weight excluding hydrogens is 605 g/mol. The summed E-state index contributed by atoms with van der Waals surface area (Å²) in [5.41, 5.74) is 14.3. The van der Waals surface area contributed by atoms with E-state index >= 15 is 0 Å². The molecule has 0 fully saturated rings. The minimum atomic E-state index is 1.15. The maximum atomic E-state index is 2.50. The predicted molar refractivity (Wildman–Crippen MR) is 211 cm³/mol. The van der Waals surface area contributed by atoms with Gasteiger partial charge < -0.3 is 9.13 Å². The number of rotatable bonds is 5. The lowest BCUT2D eigenvalue weighted by Crippen LogP contribution is -1.99. The largest absolute Gasteiger partial charge is 0.309 e. The van der Waals surface area contributed by atoms with Crippen molar-refractivity contribution in [1.82, 2.24) is 9.13 Å². The second-order valence-electron chi connectivity index (χ2n) is 12.9. The zero-order chi connectivity index (χ0) is 33.0. The lowest BCUT2D eigenvalue weighted by molar-refractivity contribution is 1.18. The molecule has 2 heterocycles.